The number of nitrogens with zero attached hydrogens (tertiary/aromatic N) is 2. The molecule has 0 aliphatic rings. The predicted molar refractivity (Wildman–Crippen MR) is 93.0 cm³/mol. The highest BCUT2D eigenvalue weighted by molar-refractivity contribution is 7.85. The Kier molecular flexibility index (Phi) is 4.41. The molecule has 0 saturated carbocycles. The number of carboxylic acids is 1. The van der Waals surface area contributed by atoms with Gasteiger partial charge in [0, 0.05) is 5.39 Å². The zero-order valence-electron chi connectivity index (χ0n) is 13.1. The number of azo groups is 1. The SMILES string of the molecule is O=C(O)c1cc(N=Nc2cccc3cc(S(=O)(=O)O)ccc23)ccc1O. The second-order valence-corrected chi connectivity index (χ2v) is 6.76. The highest BCUT2D eigenvalue weighted by Crippen LogP contribution is 2.30. The van der Waals surface area contributed by atoms with Crippen molar-refractivity contribution in [3.8, 4) is 5.75 Å². The Bertz CT molecular complexity index is 1160. The molecule has 8 nitrogen and oxygen atoms in total. The second-order valence-electron chi connectivity index (χ2n) is 5.34. The number of carbonyl (C=O) groups is 1. The molecule has 26 heavy (non-hydrogen) atoms. The van der Waals surface area contributed by atoms with Crippen molar-refractivity contribution in [2.45, 2.75) is 4.90 Å². The summed E-state index contributed by atoms with van der Waals surface area (Å²) in [6.45, 7) is 0. The Morgan fingerprint density at radius 1 is 0.962 bits per heavy atom. The van der Waals surface area contributed by atoms with Gasteiger partial charge >= 0.3 is 5.97 Å². The van der Waals surface area contributed by atoms with Crippen LogP contribution in [0.4, 0.5) is 11.4 Å². The van der Waals surface area contributed by atoms with E-state index in [1.165, 1.54) is 36.4 Å². The lowest BCUT2D eigenvalue weighted by Crippen LogP contribution is -1.97. The van der Waals surface area contributed by atoms with Crippen molar-refractivity contribution in [3.05, 3.63) is 60.2 Å². The minimum Gasteiger partial charge on any atom is -0.507 e. The molecule has 0 amide bonds. The molecule has 132 valence electrons. The molecular formula is C17H12N2O6S. The third kappa shape index (κ3) is 3.53. The summed E-state index contributed by atoms with van der Waals surface area (Å²) in [4.78, 5) is 10.8. The van der Waals surface area contributed by atoms with E-state index in [1.54, 1.807) is 18.2 Å². The topological polar surface area (TPSA) is 137 Å². The lowest BCUT2D eigenvalue weighted by atomic mass is 10.1. The van der Waals surface area contributed by atoms with E-state index >= 15 is 0 Å². The Labute approximate surface area is 147 Å². The number of benzene rings is 3. The van der Waals surface area contributed by atoms with Crippen LogP contribution in [0.15, 0.2) is 69.7 Å². The monoisotopic (exact) mass is 372 g/mol. The first-order valence-corrected chi connectivity index (χ1v) is 8.68. The van der Waals surface area contributed by atoms with Gasteiger partial charge in [-0.2, -0.15) is 13.5 Å². The van der Waals surface area contributed by atoms with Crippen molar-refractivity contribution >= 4 is 38.2 Å². The molecule has 3 aromatic carbocycles. The van der Waals surface area contributed by atoms with Gasteiger partial charge < -0.3 is 10.2 Å². The summed E-state index contributed by atoms with van der Waals surface area (Å²) in [6.07, 6.45) is 0. The van der Waals surface area contributed by atoms with Gasteiger partial charge in [0.05, 0.1) is 16.3 Å². The first kappa shape index (κ1) is 17.5. The van der Waals surface area contributed by atoms with E-state index in [2.05, 4.69) is 10.2 Å². The number of fused-ring (bicyclic) bond motifs is 1. The summed E-state index contributed by atoms with van der Waals surface area (Å²) < 4.78 is 31.6. The highest BCUT2D eigenvalue weighted by atomic mass is 32.2. The first-order chi connectivity index (χ1) is 12.3. The van der Waals surface area contributed by atoms with Crippen molar-refractivity contribution in [3.63, 3.8) is 0 Å². The molecule has 0 fully saturated rings. The van der Waals surface area contributed by atoms with Crippen LogP contribution in [0.3, 0.4) is 0 Å². The normalized spacial score (nSPS) is 11.9. The van der Waals surface area contributed by atoms with Gasteiger partial charge in [0.25, 0.3) is 10.1 Å². The summed E-state index contributed by atoms with van der Waals surface area (Å²) in [5.74, 6) is -1.66. The van der Waals surface area contributed by atoms with Gasteiger partial charge in [-0.25, -0.2) is 4.79 Å². The Hall–Kier alpha value is -3.30. The third-order valence-corrected chi connectivity index (χ3v) is 4.46. The summed E-state index contributed by atoms with van der Waals surface area (Å²) in [5, 5.41) is 27.7. The molecule has 0 radical (unpaired) electrons. The largest absolute Gasteiger partial charge is 0.507 e. The van der Waals surface area contributed by atoms with Gasteiger partial charge in [-0.15, -0.1) is 5.11 Å². The van der Waals surface area contributed by atoms with Gasteiger partial charge in [-0.05, 0) is 41.8 Å². The lowest BCUT2D eigenvalue weighted by molar-refractivity contribution is 0.0693. The van der Waals surface area contributed by atoms with Crippen LogP contribution in [0.2, 0.25) is 0 Å². The van der Waals surface area contributed by atoms with E-state index in [-0.39, 0.29) is 21.9 Å². The summed E-state index contributed by atoms with van der Waals surface area (Å²) in [6, 6.07) is 12.8. The van der Waals surface area contributed by atoms with Crippen LogP contribution >= 0.6 is 0 Å². The fraction of sp³-hybridized carbons (Fsp3) is 0. The van der Waals surface area contributed by atoms with Crippen LogP contribution in [0, 0.1) is 0 Å². The first-order valence-electron chi connectivity index (χ1n) is 7.24. The third-order valence-electron chi connectivity index (χ3n) is 3.61. The minimum absolute atomic E-state index is 0.228. The van der Waals surface area contributed by atoms with Gasteiger partial charge in [0.1, 0.15) is 11.3 Å². The van der Waals surface area contributed by atoms with Gasteiger partial charge in [0.15, 0.2) is 0 Å². The molecule has 3 aromatic rings. The molecule has 0 bridgehead atoms. The molecule has 9 heteroatoms. The van der Waals surface area contributed by atoms with E-state index in [0.717, 1.165) is 0 Å². The van der Waals surface area contributed by atoms with Crippen molar-refractivity contribution in [1.29, 1.82) is 0 Å². The van der Waals surface area contributed by atoms with E-state index < -0.39 is 16.1 Å². The van der Waals surface area contributed by atoms with Crippen LogP contribution in [-0.4, -0.2) is 29.2 Å². The number of aromatic carboxylic acids is 1. The number of aromatic hydroxyl groups is 1. The van der Waals surface area contributed by atoms with Crippen molar-refractivity contribution in [1.82, 2.24) is 0 Å². The van der Waals surface area contributed by atoms with Gasteiger partial charge in [-0.3, -0.25) is 4.55 Å². The molecule has 0 aliphatic carbocycles. The number of rotatable bonds is 4. The predicted octanol–water partition coefficient (Wildman–Crippen LogP) is 3.91. The van der Waals surface area contributed by atoms with E-state index in [1.807, 2.05) is 0 Å². The molecule has 0 aliphatic heterocycles. The van der Waals surface area contributed by atoms with E-state index in [0.29, 0.717) is 16.5 Å². The standard InChI is InChI=1S/C17H12N2O6S/c20-16-7-4-11(9-14(16)17(21)22)18-19-15-3-1-2-10-8-12(26(23,24)25)5-6-13(10)15/h1-9,20H,(H,21,22)(H,23,24,25). The molecule has 3 rings (SSSR count). The van der Waals surface area contributed by atoms with Crippen molar-refractivity contribution in [2.75, 3.05) is 0 Å². The maximum Gasteiger partial charge on any atom is 0.339 e. The van der Waals surface area contributed by atoms with E-state index in [9.17, 15) is 18.3 Å². The zero-order valence-corrected chi connectivity index (χ0v) is 13.9. The second kappa shape index (κ2) is 6.54. The number of carboxylic acid groups (broad SMARTS) is 1. The average molecular weight is 372 g/mol. The smallest absolute Gasteiger partial charge is 0.339 e. The van der Waals surface area contributed by atoms with Crippen LogP contribution in [0.1, 0.15) is 10.4 Å². The van der Waals surface area contributed by atoms with Crippen LogP contribution < -0.4 is 0 Å². The molecule has 3 N–H and O–H groups in total. The minimum atomic E-state index is -4.31. The van der Waals surface area contributed by atoms with Crippen molar-refractivity contribution in [2.24, 2.45) is 10.2 Å². The maximum atomic E-state index is 11.2. The van der Waals surface area contributed by atoms with Gasteiger partial charge in [0.2, 0.25) is 0 Å². The molecule has 0 unspecified atom stereocenters. The quantitative estimate of drug-likeness (QED) is 0.469. The molecule has 0 spiro atoms. The highest BCUT2D eigenvalue weighted by Gasteiger charge is 2.12. The maximum absolute atomic E-state index is 11.2. The fourth-order valence-electron chi connectivity index (χ4n) is 2.36. The van der Waals surface area contributed by atoms with Gasteiger partial charge in [-0.1, -0.05) is 18.2 Å². The average Bonchev–Trinajstić information content (AvgIpc) is 2.59. The Morgan fingerprint density at radius 2 is 1.73 bits per heavy atom. The number of phenols is 1. The van der Waals surface area contributed by atoms with Crippen LogP contribution in [-0.2, 0) is 10.1 Å². The number of hydrogen-bond acceptors (Lipinski definition) is 6. The molecule has 0 heterocycles. The fourth-order valence-corrected chi connectivity index (χ4v) is 2.88. The molecule has 0 aromatic heterocycles. The number of hydrogen-bond donors (Lipinski definition) is 3. The summed E-state index contributed by atoms with van der Waals surface area (Å²) in [7, 11) is -4.31. The van der Waals surface area contributed by atoms with Crippen molar-refractivity contribution < 1.29 is 28.0 Å². The van der Waals surface area contributed by atoms with Crippen LogP contribution in [0.25, 0.3) is 10.8 Å². The van der Waals surface area contributed by atoms with E-state index in [4.69, 9.17) is 9.66 Å². The zero-order chi connectivity index (χ0) is 18.9. The lowest BCUT2D eigenvalue weighted by Gasteiger charge is -2.04. The van der Waals surface area contributed by atoms with Crippen LogP contribution in [0.5, 0.6) is 5.75 Å². The Balaban J connectivity index is 2.03. The molecule has 0 atom stereocenters. The molecular weight excluding hydrogens is 360 g/mol. The molecule has 0 saturated heterocycles. The summed E-state index contributed by atoms with van der Waals surface area (Å²) >= 11 is 0. The Morgan fingerprint density at radius 3 is 2.42 bits per heavy atom. The summed E-state index contributed by atoms with van der Waals surface area (Å²) in [5.41, 5.74) is 0.360.